The minimum Gasteiger partial charge on any atom is -0.496 e. The van der Waals surface area contributed by atoms with Gasteiger partial charge in [-0.2, -0.15) is 0 Å². The van der Waals surface area contributed by atoms with Crippen LogP contribution in [0.25, 0.3) is 0 Å². The van der Waals surface area contributed by atoms with Crippen LogP contribution in [0, 0.1) is 5.82 Å². The van der Waals surface area contributed by atoms with Crippen molar-refractivity contribution in [2.24, 2.45) is 0 Å². The first-order valence-electron chi connectivity index (χ1n) is 5.20. The van der Waals surface area contributed by atoms with E-state index in [0.717, 1.165) is 22.6 Å². The second-order valence-corrected chi connectivity index (χ2v) is 5.70. The molecule has 0 radical (unpaired) electrons. The molecule has 4 heteroatoms. The average Bonchev–Trinajstić information content (AvgIpc) is 2.80. The van der Waals surface area contributed by atoms with Crippen LogP contribution in [0.5, 0.6) is 5.75 Å². The van der Waals surface area contributed by atoms with E-state index in [2.05, 4.69) is 15.9 Å². The molecule has 0 aliphatic rings. The van der Waals surface area contributed by atoms with Crippen molar-refractivity contribution >= 4 is 27.3 Å². The number of rotatable bonds is 4. The van der Waals surface area contributed by atoms with Crippen LogP contribution in [0.1, 0.15) is 15.3 Å². The zero-order valence-electron chi connectivity index (χ0n) is 9.32. The molecule has 0 N–H and O–H groups in total. The minimum atomic E-state index is -0.200. The summed E-state index contributed by atoms with van der Waals surface area (Å²) in [4.78, 5) is 1.36. The number of alkyl halides is 1. The normalized spacial score (nSPS) is 12.4. The van der Waals surface area contributed by atoms with Gasteiger partial charge >= 0.3 is 0 Å². The van der Waals surface area contributed by atoms with Crippen LogP contribution in [0.4, 0.5) is 4.39 Å². The van der Waals surface area contributed by atoms with Crippen LogP contribution < -0.4 is 4.74 Å². The Kier molecular flexibility index (Phi) is 4.18. The third kappa shape index (κ3) is 3.07. The van der Waals surface area contributed by atoms with E-state index < -0.39 is 0 Å². The lowest BCUT2D eigenvalue weighted by atomic mass is 10.1. The highest BCUT2D eigenvalue weighted by Crippen LogP contribution is 2.37. The van der Waals surface area contributed by atoms with E-state index in [4.69, 9.17) is 4.74 Å². The fourth-order valence-corrected chi connectivity index (χ4v) is 3.39. The summed E-state index contributed by atoms with van der Waals surface area (Å²) < 4.78 is 18.1. The predicted molar refractivity (Wildman–Crippen MR) is 72.6 cm³/mol. The van der Waals surface area contributed by atoms with Crippen LogP contribution >= 0.6 is 27.3 Å². The molecular formula is C13H12BrFOS. The van der Waals surface area contributed by atoms with E-state index >= 15 is 0 Å². The highest BCUT2D eigenvalue weighted by Gasteiger charge is 2.15. The van der Waals surface area contributed by atoms with E-state index in [1.165, 1.54) is 12.1 Å². The topological polar surface area (TPSA) is 9.23 Å². The smallest absolute Gasteiger partial charge is 0.133 e. The summed E-state index contributed by atoms with van der Waals surface area (Å²) in [6.07, 6.45) is 0.817. The lowest BCUT2D eigenvalue weighted by Gasteiger charge is -2.10. The maximum Gasteiger partial charge on any atom is 0.133 e. The Hall–Kier alpha value is -0.870. The molecule has 90 valence electrons. The van der Waals surface area contributed by atoms with Crippen molar-refractivity contribution in [1.29, 1.82) is 0 Å². The molecule has 0 bridgehead atoms. The number of halogens is 2. The van der Waals surface area contributed by atoms with E-state index in [-0.39, 0.29) is 10.6 Å². The maximum absolute atomic E-state index is 12.8. The fraction of sp³-hybridized carbons (Fsp3) is 0.231. The molecule has 0 spiro atoms. The molecule has 1 unspecified atom stereocenters. The molecule has 17 heavy (non-hydrogen) atoms. The van der Waals surface area contributed by atoms with E-state index in [1.54, 1.807) is 18.4 Å². The lowest BCUT2D eigenvalue weighted by Crippen LogP contribution is -1.95. The van der Waals surface area contributed by atoms with Crippen molar-refractivity contribution in [3.05, 3.63) is 52.0 Å². The van der Waals surface area contributed by atoms with E-state index in [0.29, 0.717) is 0 Å². The van der Waals surface area contributed by atoms with Crippen molar-refractivity contribution in [3.8, 4) is 5.75 Å². The Balaban J connectivity index is 2.11. The summed E-state index contributed by atoms with van der Waals surface area (Å²) in [5, 5.41) is 2.01. The molecule has 0 saturated carbocycles. The third-order valence-electron chi connectivity index (χ3n) is 2.49. The summed E-state index contributed by atoms with van der Waals surface area (Å²) in [5.74, 6) is 0.701. The van der Waals surface area contributed by atoms with Gasteiger partial charge < -0.3 is 4.74 Å². The van der Waals surface area contributed by atoms with Crippen LogP contribution in [0.15, 0.2) is 35.7 Å². The second kappa shape index (κ2) is 5.65. The first-order valence-corrected chi connectivity index (χ1v) is 7.00. The predicted octanol–water partition coefficient (Wildman–Crippen LogP) is 4.57. The molecule has 1 aromatic carbocycles. The van der Waals surface area contributed by atoms with Gasteiger partial charge in [0.05, 0.1) is 16.8 Å². The second-order valence-electron chi connectivity index (χ2n) is 3.65. The molecular weight excluding hydrogens is 303 g/mol. The summed E-state index contributed by atoms with van der Waals surface area (Å²) >= 11 is 5.31. The Morgan fingerprint density at radius 3 is 2.65 bits per heavy atom. The molecule has 2 rings (SSSR count). The fourth-order valence-electron chi connectivity index (χ4n) is 1.63. The van der Waals surface area contributed by atoms with Crippen molar-refractivity contribution in [2.45, 2.75) is 11.2 Å². The molecule has 1 nitrogen and oxygen atoms in total. The Bertz CT molecular complexity index is 480. The first kappa shape index (κ1) is 12.6. The average molecular weight is 315 g/mol. The van der Waals surface area contributed by atoms with Crippen LogP contribution in [-0.4, -0.2) is 7.11 Å². The molecule has 1 heterocycles. The third-order valence-corrected chi connectivity index (χ3v) is 4.59. The number of hydrogen-bond acceptors (Lipinski definition) is 2. The van der Waals surface area contributed by atoms with Gasteiger partial charge in [0.15, 0.2) is 0 Å². The van der Waals surface area contributed by atoms with Gasteiger partial charge in [-0.25, -0.2) is 4.39 Å². The van der Waals surface area contributed by atoms with Crippen LogP contribution in [0.2, 0.25) is 0 Å². The molecule has 2 aromatic rings. The summed E-state index contributed by atoms with van der Waals surface area (Å²) in [6, 6.07) is 8.55. The van der Waals surface area contributed by atoms with Gasteiger partial charge in [0, 0.05) is 0 Å². The number of ether oxygens (including phenoxy) is 1. The highest BCUT2D eigenvalue weighted by molar-refractivity contribution is 9.09. The minimum absolute atomic E-state index is 0.197. The quantitative estimate of drug-likeness (QED) is 0.751. The van der Waals surface area contributed by atoms with Crippen molar-refractivity contribution < 1.29 is 9.13 Å². The molecule has 1 aromatic heterocycles. The zero-order valence-corrected chi connectivity index (χ0v) is 11.7. The molecule has 0 aliphatic heterocycles. The standard InChI is InChI=1S/C13H12BrFOS/c1-16-12-6-7-17-13(12)11(14)8-9-2-4-10(15)5-3-9/h2-7,11H,8H2,1H3. The number of methoxy groups -OCH3 is 1. The Morgan fingerprint density at radius 2 is 2.00 bits per heavy atom. The SMILES string of the molecule is COc1ccsc1C(Br)Cc1ccc(F)cc1. The van der Waals surface area contributed by atoms with Crippen molar-refractivity contribution in [3.63, 3.8) is 0 Å². The van der Waals surface area contributed by atoms with Gasteiger partial charge in [0.2, 0.25) is 0 Å². The van der Waals surface area contributed by atoms with E-state index in [9.17, 15) is 4.39 Å². The van der Waals surface area contributed by atoms with Crippen molar-refractivity contribution in [2.75, 3.05) is 7.11 Å². The van der Waals surface area contributed by atoms with E-state index in [1.807, 2.05) is 23.6 Å². The molecule has 0 fully saturated rings. The van der Waals surface area contributed by atoms with Gasteiger partial charge in [0.25, 0.3) is 0 Å². The monoisotopic (exact) mass is 314 g/mol. The number of thiophene rings is 1. The van der Waals surface area contributed by atoms with Crippen LogP contribution in [-0.2, 0) is 6.42 Å². The van der Waals surface area contributed by atoms with Gasteiger partial charge in [-0.3, -0.25) is 0 Å². The summed E-state index contributed by atoms with van der Waals surface area (Å²) in [5.41, 5.74) is 1.10. The van der Waals surface area contributed by atoms with Crippen LogP contribution in [0.3, 0.4) is 0 Å². The largest absolute Gasteiger partial charge is 0.496 e. The zero-order chi connectivity index (χ0) is 12.3. The van der Waals surface area contributed by atoms with Gasteiger partial charge in [0.1, 0.15) is 11.6 Å². The number of hydrogen-bond donors (Lipinski definition) is 0. The Labute approximate surface area is 112 Å². The van der Waals surface area contributed by atoms with Gasteiger partial charge in [-0.15, -0.1) is 11.3 Å². The molecule has 1 atom stereocenters. The summed E-state index contributed by atoms with van der Waals surface area (Å²) in [6.45, 7) is 0. The molecule has 0 saturated heterocycles. The molecule has 0 amide bonds. The molecule has 0 aliphatic carbocycles. The first-order chi connectivity index (χ1) is 8.20. The highest BCUT2D eigenvalue weighted by atomic mass is 79.9. The Morgan fingerprint density at radius 1 is 1.29 bits per heavy atom. The maximum atomic E-state index is 12.8. The summed E-state index contributed by atoms with van der Waals surface area (Å²) in [7, 11) is 1.67. The lowest BCUT2D eigenvalue weighted by molar-refractivity contribution is 0.412. The van der Waals surface area contributed by atoms with Gasteiger partial charge in [-0.1, -0.05) is 28.1 Å². The van der Waals surface area contributed by atoms with Crippen molar-refractivity contribution in [1.82, 2.24) is 0 Å². The number of benzene rings is 1. The van der Waals surface area contributed by atoms with Gasteiger partial charge in [-0.05, 0) is 35.6 Å².